The van der Waals surface area contributed by atoms with Crippen molar-refractivity contribution in [3.63, 3.8) is 0 Å². The Bertz CT molecular complexity index is 967. The molecular weight excluding hydrogens is 402 g/mol. The van der Waals surface area contributed by atoms with Gasteiger partial charge in [-0.25, -0.2) is 8.42 Å². The maximum absolute atomic E-state index is 12.7. The molecule has 0 atom stereocenters. The SMILES string of the molecule is CC1CCN(S(=O)(=O)c2ccc(NC(=O)CCNC(=O)c3ccccc3)cc2)CC1. The van der Waals surface area contributed by atoms with Gasteiger partial charge in [0.25, 0.3) is 5.91 Å². The molecule has 0 aliphatic carbocycles. The van der Waals surface area contributed by atoms with Crippen molar-refractivity contribution in [2.75, 3.05) is 25.0 Å². The average Bonchev–Trinajstić information content (AvgIpc) is 2.75. The summed E-state index contributed by atoms with van der Waals surface area (Å²) in [5, 5.41) is 5.42. The molecule has 30 heavy (non-hydrogen) atoms. The Morgan fingerprint density at radius 1 is 1.00 bits per heavy atom. The smallest absolute Gasteiger partial charge is 0.251 e. The molecule has 0 radical (unpaired) electrons. The molecule has 1 fully saturated rings. The monoisotopic (exact) mass is 429 g/mol. The van der Waals surface area contributed by atoms with E-state index in [9.17, 15) is 18.0 Å². The van der Waals surface area contributed by atoms with Crippen molar-refractivity contribution in [1.82, 2.24) is 9.62 Å². The fraction of sp³-hybridized carbons (Fsp3) is 0.364. The Kier molecular flexibility index (Phi) is 7.23. The van der Waals surface area contributed by atoms with Crippen LogP contribution in [0.3, 0.4) is 0 Å². The zero-order chi connectivity index (χ0) is 21.6. The highest BCUT2D eigenvalue weighted by atomic mass is 32.2. The third kappa shape index (κ3) is 5.67. The number of anilines is 1. The Morgan fingerprint density at radius 2 is 1.63 bits per heavy atom. The summed E-state index contributed by atoms with van der Waals surface area (Å²) in [5.74, 6) is 0.0561. The van der Waals surface area contributed by atoms with Crippen molar-refractivity contribution in [3.05, 3.63) is 60.2 Å². The predicted octanol–water partition coefficient (Wildman–Crippen LogP) is 2.87. The molecule has 1 aliphatic rings. The molecule has 2 N–H and O–H groups in total. The minimum absolute atomic E-state index is 0.116. The summed E-state index contributed by atoms with van der Waals surface area (Å²) in [6, 6.07) is 15.0. The predicted molar refractivity (Wildman–Crippen MR) is 116 cm³/mol. The molecule has 160 valence electrons. The van der Waals surface area contributed by atoms with Gasteiger partial charge in [-0.15, -0.1) is 0 Å². The van der Waals surface area contributed by atoms with Crippen LogP contribution in [-0.4, -0.2) is 44.2 Å². The van der Waals surface area contributed by atoms with Gasteiger partial charge in [0.05, 0.1) is 4.90 Å². The maximum atomic E-state index is 12.7. The molecule has 2 aromatic rings. The van der Waals surface area contributed by atoms with Crippen LogP contribution in [-0.2, 0) is 14.8 Å². The van der Waals surface area contributed by atoms with Crippen molar-refractivity contribution in [2.24, 2.45) is 5.92 Å². The van der Waals surface area contributed by atoms with Gasteiger partial charge in [0.1, 0.15) is 0 Å². The number of hydrogen-bond acceptors (Lipinski definition) is 4. The minimum Gasteiger partial charge on any atom is -0.352 e. The van der Waals surface area contributed by atoms with E-state index in [1.165, 1.54) is 16.4 Å². The summed E-state index contributed by atoms with van der Waals surface area (Å²) in [4.78, 5) is 24.3. The first-order valence-electron chi connectivity index (χ1n) is 10.1. The lowest BCUT2D eigenvalue weighted by molar-refractivity contribution is -0.116. The van der Waals surface area contributed by atoms with Gasteiger partial charge in [-0.1, -0.05) is 25.1 Å². The van der Waals surface area contributed by atoms with E-state index in [2.05, 4.69) is 17.6 Å². The molecule has 0 bridgehead atoms. The highest BCUT2D eigenvalue weighted by Gasteiger charge is 2.27. The summed E-state index contributed by atoms with van der Waals surface area (Å²) in [6.45, 7) is 3.42. The Balaban J connectivity index is 1.49. The number of rotatable bonds is 7. The van der Waals surface area contributed by atoms with Crippen LogP contribution in [0.2, 0.25) is 0 Å². The molecular formula is C22H27N3O4S. The van der Waals surface area contributed by atoms with Gasteiger partial charge >= 0.3 is 0 Å². The van der Waals surface area contributed by atoms with E-state index in [0.717, 1.165) is 12.8 Å². The van der Waals surface area contributed by atoms with Gasteiger partial charge in [-0.05, 0) is 55.2 Å². The zero-order valence-electron chi connectivity index (χ0n) is 17.0. The molecule has 1 saturated heterocycles. The van der Waals surface area contributed by atoms with Crippen molar-refractivity contribution in [3.8, 4) is 0 Å². The van der Waals surface area contributed by atoms with Crippen molar-refractivity contribution in [1.29, 1.82) is 0 Å². The van der Waals surface area contributed by atoms with Crippen LogP contribution in [0.4, 0.5) is 5.69 Å². The second-order valence-electron chi connectivity index (χ2n) is 7.53. The van der Waals surface area contributed by atoms with Gasteiger partial charge in [-0.2, -0.15) is 4.31 Å². The van der Waals surface area contributed by atoms with Crippen LogP contribution in [0.5, 0.6) is 0 Å². The molecule has 1 aliphatic heterocycles. The highest BCUT2D eigenvalue weighted by Crippen LogP contribution is 2.24. The number of nitrogens with zero attached hydrogens (tertiary/aromatic N) is 1. The number of benzene rings is 2. The van der Waals surface area contributed by atoms with Gasteiger partial charge in [0.2, 0.25) is 15.9 Å². The van der Waals surface area contributed by atoms with Gasteiger partial charge in [-0.3, -0.25) is 9.59 Å². The van der Waals surface area contributed by atoms with Crippen molar-refractivity contribution >= 4 is 27.5 Å². The van der Waals surface area contributed by atoms with Gasteiger partial charge < -0.3 is 10.6 Å². The summed E-state index contributed by atoms with van der Waals surface area (Å²) in [5.41, 5.74) is 1.05. The van der Waals surface area contributed by atoms with Gasteiger partial charge in [0, 0.05) is 37.3 Å². The number of sulfonamides is 1. The summed E-state index contributed by atoms with van der Waals surface area (Å²) in [6.07, 6.45) is 1.85. The number of amides is 2. The van der Waals surface area contributed by atoms with Crippen LogP contribution in [0.15, 0.2) is 59.5 Å². The third-order valence-electron chi connectivity index (χ3n) is 5.19. The Morgan fingerprint density at radius 3 is 2.27 bits per heavy atom. The third-order valence-corrected chi connectivity index (χ3v) is 7.10. The molecule has 0 spiro atoms. The molecule has 7 nitrogen and oxygen atoms in total. The van der Waals surface area contributed by atoms with E-state index in [0.29, 0.717) is 30.3 Å². The first-order valence-corrected chi connectivity index (χ1v) is 11.5. The van der Waals surface area contributed by atoms with E-state index in [1.807, 2.05) is 6.07 Å². The zero-order valence-corrected chi connectivity index (χ0v) is 17.8. The molecule has 8 heteroatoms. The number of nitrogens with one attached hydrogen (secondary N) is 2. The fourth-order valence-corrected chi connectivity index (χ4v) is 4.76. The fourth-order valence-electron chi connectivity index (χ4n) is 3.29. The number of carbonyl (C=O) groups excluding carboxylic acids is 2. The Hall–Kier alpha value is -2.71. The lowest BCUT2D eigenvalue weighted by Gasteiger charge is -2.29. The molecule has 1 heterocycles. The van der Waals surface area contributed by atoms with Crippen molar-refractivity contribution in [2.45, 2.75) is 31.1 Å². The average molecular weight is 430 g/mol. The summed E-state index contributed by atoms with van der Waals surface area (Å²) >= 11 is 0. The first-order chi connectivity index (χ1) is 14.4. The van der Waals surface area contributed by atoms with E-state index in [4.69, 9.17) is 0 Å². The van der Waals surface area contributed by atoms with Crippen LogP contribution < -0.4 is 10.6 Å². The maximum Gasteiger partial charge on any atom is 0.251 e. The first kappa shape index (κ1) is 22.0. The standard InChI is InChI=1S/C22H27N3O4S/c1-17-12-15-25(16-13-17)30(28,29)20-9-7-19(8-10-20)24-21(26)11-14-23-22(27)18-5-3-2-4-6-18/h2-10,17H,11-16H2,1H3,(H,23,27)(H,24,26). The normalized spacial score (nSPS) is 15.5. The van der Waals surface area contributed by atoms with Crippen LogP contribution in [0.1, 0.15) is 36.5 Å². The number of hydrogen-bond donors (Lipinski definition) is 2. The Labute approximate surface area is 177 Å². The summed E-state index contributed by atoms with van der Waals surface area (Å²) < 4.78 is 27.0. The number of piperidine rings is 1. The highest BCUT2D eigenvalue weighted by molar-refractivity contribution is 7.89. The molecule has 2 aromatic carbocycles. The lowest BCUT2D eigenvalue weighted by Crippen LogP contribution is -2.37. The van der Waals surface area contributed by atoms with Crippen LogP contribution in [0.25, 0.3) is 0 Å². The minimum atomic E-state index is -3.51. The number of carbonyl (C=O) groups is 2. The summed E-state index contributed by atoms with van der Waals surface area (Å²) in [7, 11) is -3.51. The van der Waals surface area contributed by atoms with Crippen LogP contribution in [0, 0.1) is 5.92 Å². The second kappa shape index (κ2) is 9.86. The van der Waals surface area contributed by atoms with Crippen molar-refractivity contribution < 1.29 is 18.0 Å². The van der Waals surface area contributed by atoms with Crippen LogP contribution >= 0.6 is 0 Å². The molecule has 3 rings (SSSR count). The van der Waals surface area contributed by atoms with E-state index in [1.54, 1.807) is 36.4 Å². The largest absolute Gasteiger partial charge is 0.352 e. The molecule has 0 saturated carbocycles. The second-order valence-corrected chi connectivity index (χ2v) is 9.47. The van der Waals surface area contributed by atoms with E-state index in [-0.39, 0.29) is 29.7 Å². The molecule has 0 aromatic heterocycles. The topological polar surface area (TPSA) is 95.6 Å². The van der Waals surface area contributed by atoms with E-state index >= 15 is 0 Å². The molecule has 0 unspecified atom stereocenters. The van der Waals surface area contributed by atoms with Gasteiger partial charge in [0.15, 0.2) is 0 Å². The lowest BCUT2D eigenvalue weighted by atomic mass is 10.0. The molecule has 2 amide bonds. The quantitative estimate of drug-likeness (QED) is 0.707. The van der Waals surface area contributed by atoms with E-state index < -0.39 is 10.0 Å².